The third-order valence-electron chi connectivity index (χ3n) is 1.71. The molecule has 0 radical (unpaired) electrons. The van der Waals surface area contributed by atoms with Gasteiger partial charge in [-0.25, -0.2) is 0 Å². The Hall–Kier alpha value is -0.430. The topological polar surface area (TPSA) is 49.4 Å². The first-order chi connectivity index (χ1) is 6.42. The predicted molar refractivity (Wildman–Crippen MR) is 58.5 cm³/mol. The molecule has 4 nitrogen and oxygen atoms in total. The smallest absolute Gasteiger partial charge is 0.197 e. The maximum Gasteiger partial charge on any atom is 0.279 e. The molecule has 1 heterocycles. The molecule has 0 aromatic carbocycles. The SMILES string of the molecule is Cc1ccc(CNS(=O)(=O)N(C)C)s1. The third-order valence-corrected chi connectivity index (χ3v) is 4.18. The Kier molecular flexibility index (Phi) is 3.65. The molecule has 6 heteroatoms. The van der Waals surface area contributed by atoms with E-state index < -0.39 is 10.2 Å². The monoisotopic (exact) mass is 234 g/mol. The summed E-state index contributed by atoms with van der Waals surface area (Å²) in [5.74, 6) is 0. The van der Waals surface area contributed by atoms with Gasteiger partial charge in [0.05, 0.1) is 0 Å². The molecule has 1 N–H and O–H groups in total. The van der Waals surface area contributed by atoms with Gasteiger partial charge in [-0.05, 0) is 19.1 Å². The highest BCUT2D eigenvalue weighted by molar-refractivity contribution is 7.87. The van der Waals surface area contributed by atoms with Crippen LogP contribution in [0.2, 0.25) is 0 Å². The summed E-state index contributed by atoms with van der Waals surface area (Å²) in [4.78, 5) is 2.21. The first kappa shape index (κ1) is 11.6. The molecule has 0 atom stereocenters. The van der Waals surface area contributed by atoms with Crippen molar-refractivity contribution >= 4 is 21.5 Å². The first-order valence-corrected chi connectivity index (χ1v) is 6.40. The van der Waals surface area contributed by atoms with Crippen LogP contribution in [-0.2, 0) is 16.8 Å². The third kappa shape index (κ3) is 3.06. The molecule has 0 aliphatic rings. The van der Waals surface area contributed by atoms with E-state index in [0.29, 0.717) is 6.54 Å². The van der Waals surface area contributed by atoms with E-state index in [-0.39, 0.29) is 0 Å². The number of nitrogens with zero attached hydrogens (tertiary/aromatic N) is 1. The van der Waals surface area contributed by atoms with Crippen molar-refractivity contribution in [3.05, 3.63) is 21.9 Å². The number of thiophene rings is 1. The van der Waals surface area contributed by atoms with Crippen molar-refractivity contribution in [2.45, 2.75) is 13.5 Å². The van der Waals surface area contributed by atoms with E-state index in [4.69, 9.17) is 0 Å². The molecule has 1 aromatic rings. The van der Waals surface area contributed by atoms with Crippen LogP contribution in [0.25, 0.3) is 0 Å². The molecular formula is C8H14N2O2S2. The Morgan fingerprint density at radius 2 is 2.07 bits per heavy atom. The van der Waals surface area contributed by atoms with E-state index >= 15 is 0 Å². The van der Waals surface area contributed by atoms with E-state index in [1.54, 1.807) is 11.3 Å². The largest absolute Gasteiger partial charge is 0.279 e. The zero-order valence-corrected chi connectivity index (χ0v) is 10.1. The first-order valence-electron chi connectivity index (χ1n) is 4.14. The highest BCUT2D eigenvalue weighted by atomic mass is 32.2. The fraction of sp³-hybridized carbons (Fsp3) is 0.500. The lowest BCUT2D eigenvalue weighted by Crippen LogP contribution is -2.34. The molecule has 0 aliphatic carbocycles. The molecule has 0 spiro atoms. The van der Waals surface area contributed by atoms with Crippen LogP contribution in [0.15, 0.2) is 12.1 Å². The van der Waals surface area contributed by atoms with E-state index in [1.807, 2.05) is 19.1 Å². The van der Waals surface area contributed by atoms with E-state index in [2.05, 4.69) is 4.72 Å². The number of nitrogens with one attached hydrogen (secondary N) is 1. The van der Waals surface area contributed by atoms with Crippen molar-refractivity contribution in [1.82, 2.24) is 9.03 Å². The molecule has 0 unspecified atom stereocenters. The van der Waals surface area contributed by atoms with Crippen molar-refractivity contribution in [3.63, 3.8) is 0 Å². The zero-order valence-electron chi connectivity index (χ0n) is 8.44. The number of hydrogen-bond acceptors (Lipinski definition) is 3. The van der Waals surface area contributed by atoms with E-state index in [0.717, 1.165) is 9.18 Å². The molecular weight excluding hydrogens is 220 g/mol. The van der Waals surface area contributed by atoms with Gasteiger partial charge in [-0.3, -0.25) is 0 Å². The van der Waals surface area contributed by atoms with Gasteiger partial charge < -0.3 is 0 Å². The van der Waals surface area contributed by atoms with Gasteiger partial charge in [0.25, 0.3) is 10.2 Å². The second-order valence-corrected chi connectivity index (χ2v) is 6.46. The quantitative estimate of drug-likeness (QED) is 0.843. The molecule has 80 valence electrons. The van der Waals surface area contributed by atoms with Crippen molar-refractivity contribution < 1.29 is 8.42 Å². The molecule has 0 saturated carbocycles. The van der Waals surface area contributed by atoms with Gasteiger partial charge in [-0.1, -0.05) is 0 Å². The number of aryl methyl sites for hydroxylation is 1. The van der Waals surface area contributed by atoms with Gasteiger partial charge in [0.2, 0.25) is 0 Å². The lowest BCUT2D eigenvalue weighted by Gasteiger charge is -2.11. The summed E-state index contributed by atoms with van der Waals surface area (Å²) >= 11 is 1.59. The van der Waals surface area contributed by atoms with Crippen molar-refractivity contribution in [2.75, 3.05) is 14.1 Å². The van der Waals surface area contributed by atoms with Gasteiger partial charge in [0.1, 0.15) is 0 Å². The molecule has 0 fully saturated rings. The predicted octanol–water partition coefficient (Wildman–Crippen LogP) is 0.953. The van der Waals surface area contributed by atoms with Crippen LogP contribution < -0.4 is 4.72 Å². The Balaban J connectivity index is 2.57. The summed E-state index contributed by atoms with van der Waals surface area (Å²) in [6.45, 7) is 2.35. The summed E-state index contributed by atoms with van der Waals surface area (Å²) in [7, 11) is -0.293. The highest BCUT2D eigenvalue weighted by Crippen LogP contribution is 2.14. The molecule has 0 saturated heterocycles. The highest BCUT2D eigenvalue weighted by Gasteiger charge is 2.12. The molecule has 0 aliphatic heterocycles. The number of rotatable bonds is 4. The minimum Gasteiger partial charge on any atom is -0.197 e. The summed E-state index contributed by atoms with van der Waals surface area (Å²) in [5.41, 5.74) is 0. The lowest BCUT2D eigenvalue weighted by molar-refractivity contribution is 0.505. The summed E-state index contributed by atoms with van der Waals surface area (Å²) in [6.07, 6.45) is 0. The lowest BCUT2D eigenvalue weighted by atomic mass is 10.4. The van der Waals surface area contributed by atoms with Crippen LogP contribution in [0, 0.1) is 6.92 Å². The average molecular weight is 234 g/mol. The van der Waals surface area contributed by atoms with Crippen LogP contribution in [0.5, 0.6) is 0 Å². The summed E-state index contributed by atoms with van der Waals surface area (Å²) in [5, 5.41) is 0. The van der Waals surface area contributed by atoms with Gasteiger partial charge in [-0.15, -0.1) is 11.3 Å². The zero-order chi connectivity index (χ0) is 10.8. The van der Waals surface area contributed by atoms with Gasteiger partial charge in [-0.2, -0.15) is 17.4 Å². The summed E-state index contributed by atoms with van der Waals surface area (Å²) in [6, 6.07) is 3.90. The molecule has 1 aromatic heterocycles. The molecule has 14 heavy (non-hydrogen) atoms. The van der Waals surface area contributed by atoms with Crippen LogP contribution in [0.1, 0.15) is 9.75 Å². The molecule has 0 amide bonds. The van der Waals surface area contributed by atoms with E-state index in [1.165, 1.54) is 19.0 Å². The van der Waals surface area contributed by atoms with Crippen LogP contribution in [0.4, 0.5) is 0 Å². The standard InChI is InChI=1S/C8H14N2O2S2/c1-7-4-5-8(13-7)6-9-14(11,12)10(2)3/h4-5,9H,6H2,1-3H3. The summed E-state index contributed by atoms with van der Waals surface area (Å²) < 4.78 is 26.3. The second-order valence-electron chi connectivity index (χ2n) is 3.12. The van der Waals surface area contributed by atoms with E-state index in [9.17, 15) is 8.42 Å². The fourth-order valence-electron chi connectivity index (χ4n) is 0.872. The Labute approximate surface area is 88.7 Å². The number of hydrogen-bond donors (Lipinski definition) is 1. The van der Waals surface area contributed by atoms with Crippen LogP contribution in [-0.4, -0.2) is 26.8 Å². The fourth-order valence-corrected chi connectivity index (χ4v) is 2.39. The minimum atomic E-state index is -3.30. The van der Waals surface area contributed by atoms with Crippen LogP contribution >= 0.6 is 11.3 Å². The van der Waals surface area contributed by atoms with Gasteiger partial charge >= 0.3 is 0 Å². The Morgan fingerprint density at radius 1 is 1.43 bits per heavy atom. The van der Waals surface area contributed by atoms with Gasteiger partial charge in [0, 0.05) is 30.4 Å². The van der Waals surface area contributed by atoms with Crippen molar-refractivity contribution in [2.24, 2.45) is 0 Å². The molecule has 0 bridgehead atoms. The van der Waals surface area contributed by atoms with Crippen LogP contribution in [0.3, 0.4) is 0 Å². The Bertz CT molecular complexity index is 395. The van der Waals surface area contributed by atoms with Crippen molar-refractivity contribution in [3.8, 4) is 0 Å². The molecule has 1 rings (SSSR count). The maximum absolute atomic E-state index is 11.3. The normalized spacial score (nSPS) is 12.3. The maximum atomic E-state index is 11.3. The second kappa shape index (κ2) is 4.39. The van der Waals surface area contributed by atoms with Gasteiger partial charge in [0.15, 0.2) is 0 Å². The minimum absolute atomic E-state index is 0.360. The Morgan fingerprint density at radius 3 is 2.50 bits per heavy atom. The average Bonchev–Trinajstić information content (AvgIpc) is 2.48. The van der Waals surface area contributed by atoms with Crippen molar-refractivity contribution in [1.29, 1.82) is 0 Å².